The van der Waals surface area contributed by atoms with Crippen LogP contribution >= 0.6 is 22.7 Å². The predicted molar refractivity (Wildman–Crippen MR) is 144 cm³/mol. The maximum absolute atomic E-state index is 13.2. The molecule has 2 aromatic heterocycles. The van der Waals surface area contributed by atoms with Gasteiger partial charge in [0.25, 0.3) is 5.91 Å². The number of nitrogens with zero attached hydrogens (tertiary/aromatic N) is 2. The number of carboxylic acid groups (broad SMARTS) is 1. The van der Waals surface area contributed by atoms with Crippen LogP contribution in [0.2, 0.25) is 0 Å². The van der Waals surface area contributed by atoms with Crippen LogP contribution in [0.25, 0.3) is 11.1 Å². The molecule has 0 saturated heterocycles. The minimum absolute atomic E-state index is 0.239. The molecule has 11 heteroatoms. The van der Waals surface area contributed by atoms with Gasteiger partial charge in [-0.1, -0.05) is 12.1 Å². The Kier molecular flexibility index (Phi) is 6.72. The fourth-order valence-electron chi connectivity index (χ4n) is 4.36. The number of rotatable bonds is 6. The van der Waals surface area contributed by atoms with Crippen LogP contribution in [0.4, 0.5) is 16.2 Å². The summed E-state index contributed by atoms with van der Waals surface area (Å²) in [4.78, 5) is 32.0. The number of methoxy groups -OCH3 is 2. The molecule has 1 atom stereocenters. The Balaban J connectivity index is 1.48. The number of thiazole rings is 1. The summed E-state index contributed by atoms with van der Waals surface area (Å²) >= 11 is 2.77. The summed E-state index contributed by atoms with van der Waals surface area (Å²) in [7, 11) is 3.06. The van der Waals surface area contributed by atoms with E-state index in [1.807, 2.05) is 29.0 Å². The molecule has 2 amide bonds. The van der Waals surface area contributed by atoms with Gasteiger partial charge in [-0.25, -0.2) is 9.78 Å². The summed E-state index contributed by atoms with van der Waals surface area (Å²) < 4.78 is 10.8. The third kappa shape index (κ3) is 4.70. The number of ether oxygens (including phenoxy) is 2. The molecule has 5 rings (SSSR count). The lowest BCUT2D eigenvalue weighted by Gasteiger charge is -2.33. The van der Waals surface area contributed by atoms with E-state index in [1.165, 1.54) is 30.5 Å². The highest BCUT2D eigenvalue weighted by atomic mass is 32.1. The van der Waals surface area contributed by atoms with Crippen molar-refractivity contribution >= 4 is 46.0 Å². The first-order chi connectivity index (χ1) is 17.9. The molecule has 1 unspecified atom stereocenters. The van der Waals surface area contributed by atoms with Gasteiger partial charge in [0, 0.05) is 13.0 Å². The Bertz CT molecular complexity index is 1470. The third-order valence-corrected chi connectivity index (χ3v) is 8.03. The van der Waals surface area contributed by atoms with Gasteiger partial charge in [0.2, 0.25) is 0 Å². The average Bonchev–Trinajstić information content (AvgIpc) is 3.59. The number of hydrogen-bond acceptors (Lipinski definition) is 8. The highest BCUT2D eigenvalue weighted by molar-refractivity contribution is 7.14. The van der Waals surface area contributed by atoms with E-state index in [9.17, 15) is 14.7 Å². The minimum atomic E-state index is -1.05. The van der Waals surface area contributed by atoms with Gasteiger partial charge in [-0.3, -0.25) is 9.69 Å². The standard InChI is InChI=1S/C26H24N4O5S2/c1-34-20-6-4-15(12-21(20)35-2)22-23-18(7-9-30(22)26(32)33)29-25(37-23)24(31)28-19-11-14(3-5-17(19)27)16-8-10-36-13-16/h3-6,8,10-13,22H,7,9,27H2,1-2H3,(H,28,31)(H,32,33). The summed E-state index contributed by atoms with van der Waals surface area (Å²) in [6, 6.07) is 12.2. The second-order valence-electron chi connectivity index (χ2n) is 8.34. The Labute approximate surface area is 221 Å². The van der Waals surface area contributed by atoms with Gasteiger partial charge < -0.3 is 25.6 Å². The lowest BCUT2D eigenvalue weighted by Crippen LogP contribution is -2.39. The fourth-order valence-corrected chi connectivity index (χ4v) is 6.17. The van der Waals surface area contributed by atoms with E-state index in [0.717, 1.165) is 11.1 Å². The number of carbonyl (C=O) groups excluding carboxylic acids is 1. The Hall–Kier alpha value is -4.09. The van der Waals surface area contributed by atoms with E-state index in [0.29, 0.717) is 45.4 Å². The number of hydrogen-bond donors (Lipinski definition) is 3. The van der Waals surface area contributed by atoms with Crippen molar-refractivity contribution in [2.24, 2.45) is 0 Å². The number of benzene rings is 2. The van der Waals surface area contributed by atoms with Crippen LogP contribution in [0.3, 0.4) is 0 Å². The number of nitrogens with one attached hydrogen (secondary N) is 1. The van der Waals surface area contributed by atoms with E-state index < -0.39 is 18.0 Å². The molecule has 4 N–H and O–H groups in total. The van der Waals surface area contributed by atoms with Gasteiger partial charge in [-0.05, 0) is 57.8 Å². The number of fused-ring (bicyclic) bond motifs is 1. The van der Waals surface area contributed by atoms with Crippen LogP contribution in [0.1, 0.15) is 32.0 Å². The van der Waals surface area contributed by atoms with Crippen LogP contribution in [0.15, 0.2) is 53.2 Å². The molecule has 0 bridgehead atoms. The van der Waals surface area contributed by atoms with Crippen LogP contribution < -0.4 is 20.5 Å². The van der Waals surface area contributed by atoms with Gasteiger partial charge >= 0.3 is 6.09 Å². The zero-order chi connectivity index (χ0) is 26.1. The first-order valence-electron chi connectivity index (χ1n) is 11.3. The normalized spacial score (nSPS) is 14.6. The Morgan fingerprint density at radius 1 is 1.11 bits per heavy atom. The fraction of sp³-hybridized carbons (Fsp3) is 0.192. The summed E-state index contributed by atoms with van der Waals surface area (Å²) in [6.07, 6.45) is -0.645. The maximum Gasteiger partial charge on any atom is 0.408 e. The van der Waals surface area contributed by atoms with Gasteiger partial charge in [-0.15, -0.1) is 11.3 Å². The third-order valence-electron chi connectivity index (χ3n) is 6.20. The molecule has 9 nitrogen and oxygen atoms in total. The molecule has 2 aromatic carbocycles. The average molecular weight is 537 g/mol. The number of amides is 2. The molecule has 0 saturated carbocycles. The van der Waals surface area contributed by atoms with Crippen LogP contribution in [0, 0.1) is 0 Å². The quantitative estimate of drug-likeness (QED) is 0.284. The Morgan fingerprint density at radius 3 is 2.62 bits per heavy atom. The Morgan fingerprint density at radius 2 is 1.92 bits per heavy atom. The van der Waals surface area contributed by atoms with E-state index in [4.69, 9.17) is 15.2 Å². The van der Waals surface area contributed by atoms with Crippen molar-refractivity contribution in [3.05, 3.63) is 74.4 Å². The number of thiophene rings is 1. The first-order valence-corrected chi connectivity index (χ1v) is 13.1. The van der Waals surface area contributed by atoms with Gasteiger partial charge in [0.05, 0.1) is 42.2 Å². The summed E-state index contributed by atoms with van der Waals surface area (Å²) in [6.45, 7) is 0.252. The molecule has 190 valence electrons. The largest absolute Gasteiger partial charge is 0.493 e. The lowest BCUT2D eigenvalue weighted by molar-refractivity contribution is 0.102. The molecule has 4 aromatic rings. The number of carbonyl (C=O) groups is 2. The van der Waals surface area contributed by atoms with Crippen LogP contribution in [-0.4, -0.2) is 47.8 Å². The SMILES string of the molecule is COc1ccc(C2c3sc(C(=O)Nc4cc(-c5ccsc5)ccc4N)nc3CCN2C(=O)O)cc1OC. The van der Waals surface area contributed by atoms with E-state index in [1.54, 1.807) is 35.6 Å². The van der Waals surface area contributed by atoms with E-state index >= 15 is 0 Å². The molecule has 37 heavy (non-hydrogen) atoms. The molecule has 0 aliphatic carbocycles. The zero-order valence-electron chi connectivity index (χ0n) is 20.1. The van der Waals surface area contributed by atoms with Gasteiger partial charge in [0.15, 0.2) is 16.5 Å². The van der Waals surface area contributed by atoms with Crippen molar-refractivity contribution in [1.29, 1.82) is 0 Å². The van der Waals surface area contributed by atoms with Crippen LogP contribution in [-0.2, 0) is 6.42 Å². The molecule has 0 radical (unpaired) electrons. The predicted octanol–water partition coefficient (Wildman–Crippen LogP) is 5.35. The summed E-state index contributed by atoms with van der Waals surface area (Å²) in [5, 5.41) is 17.1. The van der Waals surface area contributed by atoms with E-state index in [2.05, 4.69) is 10.3 Å². The number of nitrogens with two attached hydrogens (primary N) is 1. The van der Waals surface area contributed by atoms with Crippen molar-refractivity contribution in [2.75, 3.05) is 31.8 Å². The molecule has 1 aliphatic heterocycles. The highest BCUT2D eigenvalue weighted by Crippen LogP contribution is 2.41. The van der Waals surface area contributed by atoms with Crippen molar-refractivity contribution in [3.8, 4) is 22.6 Å². The van der Waals surface area contributed by atoms with E-state index in [-0.39, 0.29) is 11.6 Å². The minimum Gasteiger partial charge on any atom is -0.493 e. The zero-order valence-corrected chi connectivity index (χ0v) is 21.7. The van der Waals surface area contributed by atoms with Gasteiger partial charge in [0.1, 0.15) is 0 Å². The maximum atomic E-state index is 13.2. The molecule has 0 fully saturated rings. The smallest absolute Gasteiger partial charge is 0.408 e. The summed E-state index contributed by atoms with van der Waals surface area (Å²) in [5.74, 6) is 0.623. The highest BCUT2D eigenvalue weighted by Gasteiger charge is 2.36. The first kappa shape index (κ1) is 24.6. The van der Waals surface area contributed by atoms with Gasteiger partial charge in [-0.2, -0.15) is 11.3 Å². The topological polar surface area (TPSA) is 127 Å². The van der Waals surface area contributed by atoms with Crippen molar-refractivity contribution < 1.29 is 24.2 Å². The summed E-state index contributed by atoms with van der Waals surface area (Å²) in [5.41, 5.74) is 10.5. The van der Waals surface area contributed by atoms with Crippen molar-refractivity contribution in [1.82, 2.24) is 9.88 Å². The monoisotopic (exact) mass is 536 g/mol. The second-order valence-corrected chi connectivity index (χ2v) is 10.2. The van der Waals surface area contributed by atoms with Crippen LogP contribution in [0.5, 0.6) is 11.5 Å². The van der Waals surface area contributed by atoms with Crippen molar-refractivity contribution in [2.45, 2.75) is 12.5 Å². The number of nitrogen functional groups attached to an aromatic ring is 1. The van der Waals surface area contributed by atoms with Crippen molar-refractivity contribution in [3.63, 3.8) is 0 Å². The molecular formula is C26H24N4O5S2. The number of aromatic nitrogens is 1. The lowest BCUT2D eigenvalue weighted by atomic mass is 9.97. The molecular weight excluding hydrogens is 512 g/mol. The molecule has 3 heterocycles. The second kappa shape index (κ2) is 10.1. The molecule has 0 spiro atoms. The molecule has 1 aliphatic rings. The number of anilines is 2.